The highest BCUT2D eigenvalue weighted by Crippen LogP contribution is 2.10. The molecule has 0 heterocycles. The number of ether oxygens (including phenoxy) is 1. The first kappa shape index (κ1) is 16.8. The molecule has 0 unspecified atom stereocenters. The van der Waals surface area contributed by atoms with Crippen molar-refractivity contribution in [2.45, 2.75) is 26.8 Å². The molecule has 0 aliphatic rings. The quantitative estimate of drug-likeness (QED) is 0.554. The second kappa shape index (κ2) is 8.84. The predicted octanol–water partition coefficient (Wildman–Crippen LogP) is 2.32. The van der Waals surface area contributed by atoms with Crippen molar-refractivity contribution >= 4 is 17.7 Å². The molecule has 0 bridgehead atoms. The lowest BCUT2D eigenvalue weighted by molar-refractivity contribution is 0.187. The van der Waals surface area contributed by atoms with Gasteiger partial charge in [-0.3, -0.25) is 5.32 Å². The van der Waals surface area contributed by atoms with E-state index in [-0.39, 0.29) is 0 Å². The Morgan fingerprint density at radius 1 is 1.33 bits per heavy atom. The van der Waals surface area contributed by atoms with Gasteiger partial charge < -0.3 is 15.8 Å². The van der Waals surface area contributed by atoms with Crippen molar-refractivity contribution in [2.75, 3.05) is 19.0 Å². The lowest BCUT2D eigenvalue weighted by Gasteiger charge is -2.08. The second-order valence-electron chi connectivity index (χ2n) is 5.12. The van der Waals surface area contributed by atoms with Crippen LogP contribution in [0.1, 0.15) is 25.8 Å². The molecule has 1 aromatic rings. The van der Waals surface area contributed by atoms with Gasteiger partial charge in [0.15, 0.2) is 5.96 Å². The van der Waals surface area contributed by atoms with E-state index in [9.17, 15) is 4.79 Å². The molecule has 1 rings (SSSR count). The molecule has 1 aromatic carbocycles. The van der Waals surface area contributed by atoms with E-state index in [0.717, 1.165) is 18.5 Å². The Labute approximate surface area is 125 Å². The monoisotopic (exact) mass is 292 g/mol. The fraction of sp³-hybridized carbons (Fsp3) is 0.467. The molecule has 0 saturated heterocycles. The van der Waals surface area contributed by atoms with Crippen molar-refractivity contribution in [1.29, 1.82) is 0 Å². The summed E-state index contributed by atoms with van der Waals surface area (Å²) in [6.07, 6.45) is 0.573. The maximum Gasteiger partial charge on any atom is 0.411 e. The number of guanidine groups is 1. The molecule has 1 amide bonds. The number of anilines is 1. The van der Waals surface area contributed by atoms with Gasteiger partial charge >= 0.3 is 6.09 Å². The lowest BCUT2D eigenvalue weighted by atomic mass is 10.1. The van der Waals surface area contributed by atoms with Crippen LogP contribution < -0.4 is 16.4 Å². The van der Waals surface area contributed by atoms with Crippen LogP contribution in [-0.2, 0) is 11.3 Å². The van der Waals surface area contributed by atoms with Gasteiger partial charge in [-0.1, -0.05) is 26.0 Å². The Bertz CT molecular complexity index is 469. The molecule has 0 aliphatic heterocycles. The SMILES string of the molecule is COC(=O)Nc1ccc(CN=C(N)NCCC(C)C)cc1. The Morgan fingerprint density at radius 2 is 2.00 bits per heavy atom. The third kappa shape index (κ3) is 7.20. The molecule has 21 heavy (non-hydrogen) atoms. The van der Waals surface area contributed by atoms with Crippen molar-refractivity contribution in [3.8, 4) is 0 Å². The van der Waals surface area contributed by atoms with Gasteiger partial charge in [0.05, 0.1) is 13.7 Å². The molecule has 0 aromatic heterocycles. The maximum atomic E-state index is 11.0. The molecule has 116 valence electrons. The summed E-state index contributed by atoms with van der Waals surface area (Å²) in [7, 11) is 1.33. The number of hydrogen-bond acceptors (Lipinski definition) is 3. The standard InChI is InChI=1S/C15H24N4O2/c1-11(2)8-9-17-14(16)18-10-12-4-6-13(7-5-12)19-15(20)21-3/h4-7,11H,8-10H2,1-3H3,(H,19,20)(H3,16,17,18). The van der Waals surface area contributed by atoms with Crippen LogP contribution in [-0.4, -0.2) is 25.7 Å². The summed E-state index contributed by atoms with van der Waals surface area (Å²) < 4.78 is 4.52. The maximum absolute atomic E-state index is 11.0. The van der Waals surface area contributed by atoms with E-state index in [1.54, 1.807) is 12.1 Å². The van der Waals surface area contributed by atoms with E-state index in [2.05, 4.69) is 34.2 Å². The average Bonchev–Trinajstić information content (AvgIpc) is 2.46. The summed E-state index contributed by atoms with van der Waals surface area (Å²) >= 11 is 0. The van der Waals surface area contributed by atoms with Crippen LogP contribution in [0.4, 0.5) is 10.5 Å². The van der Waals surface area contributed by atoms with Crippen LogP contribution in [0.2, 0.25) is 0 Å². The summed E-state index contributed by atoms with van der Waals surface area (Å²) in [5.74, 6) is 1.09. The number of carbonyl (C=O) groups excluding carboxylic acids is 1. The number of amides is 1. The van der Waals surface area contributed by atoms with Crippen LogP contribution in [0.3, 0.4) is 0 Å². The zero-order valence-corrected chi connectivity index (χ0v) is 12.8. The smallest absolute Gasteiger partial charge is 0.411 e. The third-order valence-corrected chi connectivity index (χ3v) is 2.85. The minimum Gasteiger partial charge on any atom is -0.453 e. The average molecular weight is 292 g/mol. The number of hydrogen-bond donors (Lipinski definition) is 3. The first-order valence-electron chi connectivity index (χ1n) is 6.99. The van der Waals surface area contributed by atoms with Crippen LogP contribution >= 0.6 is 0 Å². The summed E-state index contributed by atoms with van der Waals surface area (Å²) in [5, 5.41) is 5.67. The Balaban J connectivity index is 2.42. The van der Waals surface area contributed by atoms with Gasteiger partial charge in [0.2, 0.25) is 0 Å². The van der Waals surface area contributed by atoms with Crippen LogP contribution in [0.5, 0.6) is 0 Å². The zero-order chi connectivity index (χ0) is 15.7. The first-order chi connectivity index (χ1) is 10.0. The molecule has 6 heteroatoms. The van der Waals surface area contributed by atoms with E-state index in [1.807, 2.05) is 12.1 Å². The van der Waals surface area contributed by atoms with Crippen molar-refractivity contribution in [3.05, 3.63) is 29.8 Å². The topological polar surface area (TPSA) is 88.7 Å². The number of carbonyl (C=O) groups is 1. The van der Waals surface area contributed by atoms with Crippen molar-refractivity contribution in [2.24, 2.45) is 16.6 Å². The van der Waals surface area contributed by atoms with E-state index >= 15 is 0 Å². The number of nitrogens with one attached hydrogen (secondary N) is 2. The number of aliphatic imine (C=N–C) groups is 1. The van der Waals surface area contributed by atoms with Gasteiger partial charge in [0.25, 0.3) is 0 Å². The highest BCUT2D eigenvalue weighted by Gasteiger charge is 2.00. The normalized spacial score (nSPS) is 11.3. The van der Waals surface area contributed by atoms with Gasteiger partial charge in [0, 0.05) is 12.2 Å². The Morgan fingerprint density at radius 3 is 2.57 bits per heavy atom. The molecule has 0 aliphatic carbocycles. The molecule has 0 radical (unpaired) electrons. The molecular formula is C15H24N4O2. The second-order valence-corrected chi connectivity index (χ2v) is 5.12. The summed E-state index contributed by atoms with van der Waals surface area (Å²) in [5.41, 5.74) is 7.48. The zero-order valence-electron chi connectivity index (χ0n) is 12.8. The van der Waals surface area contributed by atoms with Gasteiger partial charge in [-0.2, -0.15) is 0 Å². The highest BCUT2D eigenvalue weighted by atomic mass is 16.5. The predicted molar refractivity (Wildman–Crippen MR) is 85.3 cm³/mol. The largest absolute Gasteiger partial charge is 0.453 e. The van der Waals surface area contributed by atoms with E-state index in [0.29, 0.717) is 24.1 Å². The van der Waals surface area contributed by atoms with E-state index < -0.39 is 6.09 Å². The number of rotatable bonds is 6. The number of benzene rings is 1. The Kier molecular flexibility index (Phi) is 7.08. The van der Waals surface area contributed by atoms with Gasteiger partial charge in [-0.05, 0) is 30.0 Å². The number of nitrogens with zero attached hydrogens (tertiary/aromatic N) is 1. The van der Waals surface area contributed by atoms with Gasteiger partial charge in [-0.25, -0.2) is 9.79 Å². The molecule has 0 saturated carbocycles. The van der Waals surface area contributed by atoms with Crippen LogP contribution in [0.15, 0.2) is 29.3 Å². The van der Waals surface area contributed by atoms with Crippen molar-refractivity contribution in [3.63, 3.8) is 0 Å². The van der Waals surface area contributed by atoms with Crippen LogP contribution in [0, 0.1) is 5.92 Å². The number of methoxy groups -OCH3 is 1. The number of nitrogens with two attached hydrogens (primary N) is 1. The van der Waals surface area contributed by atoms with Crippen LogP contribution in [0.25, 0.3) is 0 Å². The molecule has 0 fully saturated rings. The van der Waals surface area contributed by atoms with Gasteiger partial charge in [0.1, 0.15) is 0 Å². The minimum absolute atomic E-state index is 0.451. The third-order valence-electron chi connectivity index (χ3n) is 2.85. The van der Waals surface area contributed by atoms with E-state index in [1.165, 1.54) is 7.11 Å². The first-order valence-corrected chi connectivity index (χ1v) is 6.99. The van der Waals surface area contributed by atoms with Crippen molar-refractivity contribution in [1.82, 2.24) is 5.32 Å². The molecular weight excluding hydrogens is 268 g/mol. The highest BCUT2D eigenvalue weighted by molar-refractivity contribution is 5.84. The molecule has 0 spiro atoms. The fourth-order valence-corrected chi connectivity index (χ4v) is 1.58. The molecule has 4 N–H and O–H groups in total. The lowest BCUT2D eigenvalue weighted by Crippen LogP contribution is -2.32. The summed E-state index contributed by atoms with van der Waals surface area (Å²) in [6, 6.07) is 7.36. The minimum atomic E-state index is -0.487. The Hall–Kier alpha value is -2.24. The van der Waals surface area contributed by atoms with Gasteiger partial charge in [-0.15, -0.1) is 0 Å². The van der Waals surface area contributed by atoms with E-state index in [4.69, 9.17) is 5.73 Å². The summed E-state index contributed by atoms with van der Waals surface area (Å²) in [4.78, 5) is 15.3. The molecule has 6 nitrogen and oxygen atoms in total. The van der Waals surface area contributed by atoms with Crippen molar-refractivity contribution < 1.29 is 9.53 Å². The fourth-order valence-electron chi connectivity index (χ4n) is 1.58. The summed E-state index contributed by atoms with van der Waals surface area (Å²) in [6.45, 7) is 5.66. The molecule has 0 atom stereocenters.